The maximum Gasteiger partial charge on any atom is 0.0635 e. The molecule has 0 radical (unpaired) electrons. The van der Waals surface area contributed by atoms with Crippen molar-refractivity contribution in [2.24, 2.45) is 10.7 Å². The van der Waals surface area contributed by atoms with E-state index in [9.17, 15) is 0 Å². The van der Waals surface area contributed by atoms with Gasteiger partial charge in [0.05, 0.1) is 13.2 Å². The van der Waals surface area contributed by atoms with Crippen LogP contribution in [0, 0.1) is 37.2 Å². The van der Waals surface area contributed by atoms with Crippen LogP contribution in [0.3, 0.4) is 0 Å². The number of hydrogen-bond donors (Lipinski definition) is 1. The molecule has 0 saturated carbocycles. The van der Waals surface area contributed by atoms with Gasteiger partial charge in [0.1, 0.15) is 0 Å². The molecular formula is C25H31N2OU-. The van der Waals surface area contributed by atoms with E-state index in [1.165, 1.54) is 11.1 Å². The van der Waals surface area contributed by atoms with Gasteiger partial charge in [-0.25, -0.2) is 0 Å². The predicted molar refractivity (Wildman–Crippen MR) is 120 cm³/mol. The summed E-state index contributed by atoms with van der Waals surface area (Å²) in [5.74, 6) is 0. The largest absolute Gasteiger partial charge is 0.398 e. The van der Waals surface area contributed by atoms with Gasteiger partial charge in [0.25, 0.3) is 0 Å². The molecule has 2 heterocycles. The molecule has 2 N–H and O–H groups in total. The summed E-state index contributed by atoms with van der Waals surface area (Å²) in [7, 11) is 0. The van der Waals surface area contributed by atoms with Crippen LogP contribution in [0.25, 0.3) is 11.3 Å². The van der Waals surface area contributed by atoms with Gasteiger partial charge >= 0.3 is 0 Å². The van der Waals surface area contributed by atoms with Crippen molar-refractivity contribution in [1.82, 2.24) is 0 Å². The van der Waals surface area contributed by atoms with Gasteiger partial charge in [-0.2, -0.15) is 0 Å². The van der Waals surface area contributed by atoms with Crippen LogP contribution in [-0.2, 0) is 4.74 Å². The Morgan fingerprint density at radius 2 is 1.69 bits per heavy atom. The molecule has 0 fully saturated rings. The summed E-state index contributed by atoms with van der Waals surface area (Å²) in [5.41, 5.74) is 13.4. The number of nitrogens with zero attached hydrogens (tertiary/aromatic N) is 1. The van der Waals surface area contributed by atoms with Crippen molar-refractivity contribution in [3.8, 4) is 0 Å². The Kier molecular flexibility index (Phi) is 11.9. The van der Waals surface area contributed by atoms with Gasteiger partial charge in [0.15, 0.2) is 0 Å². The molecule has 29 heavy (non-hydrogen) atoms. The molecule has 0 spiro atoms. The Hall–Kier alpha value is -1.60. The number of rotatable bonds is 2. The quantitative estimate of drug-likeness (QED) is 0.456. The molecule has 0 aliphatic carbocycles. The van der Waals surface area contributed by atoms with Gasteiger partial charge in [0.2, 0.25) is 0 Å². The van der Waals surface area contributed by atoms with Crippen molar-refractivity contribution in [2.45, 2.75) is 34.1 Å². The molecule has 152 valence electrons. The molecule has 0 bridgehead atoms. The molecule has 4 rings (SSSR count). The van der Waals surface area contributed by atoms with E-state index in [1.807, 2.05) is 58.0 Å². The van der Waals surface area contributed by atoms with Gasteiger partial charge in [-0.05, 0) is 29.3 Å². The molecular weight excluding hydrogens is 582 g/mol. The number of nitrogens with two attached hydrogens (primary N) is 1. The second-order valence-electron chi connectivity index (χ2n) is 5.96. The van der Waals surface area contributed by atoms with Crippen molar-refractivity contribution >= 4 is 17.0 Å². The minimum Gasteiger partial charge on any atom is -0.398 e. The Morgan fingerprint density at radius 1 is 0.966 bits per heavy atom. The van der Waals surface area contributed by atoms with E-state index < -0.39 is 0 Å². The summed E-state index contributed by atoms with van der Waals surface area (Å²) < 4.78 is 5.53. The van der Waals surface area contributed by atoms with Crippen molar-refractivity contribution in [1.29, 1.82) is 0 Å². The van der Waals surface area contributed by atoms with E-state index in [4.69, 9.17) is 15.5 Å². The third-order valence-electron chi connectivity index (χ3n) is 4.40. The smallest absolute Gasteiger partial charge is 0.0635 e. The zero-order chi connectivity index (χ0) is 20.4. The normalized spacial score (nSPS) is 14.7. The van der Waals surface area contributed by atoms with Crippen LogP contribution in [0.2, 0.25) is 0 Å². The van der Waals surface area contributed by atoms with E-state index in [0.29, 0.717) is 13.2 Å². The molecule has 0 aromatic heterocycles. The summed E-state index contributed by atoms with van der Waals surface area (Å²) in [6.07, 6.45) is 5.18. The van der Waals surface area contributed by atoms with Crippen molar-refractivity contribution in [2.75, 3.05) is 19.8 Å². The summed E-state index contributed by atoms with van der Waals surface area (Å²) >= 11 is 0. The summed E-state index contributed by atoms with van der Waals surface area (Å²) in [6, 6.07) is 17.8. The Bertz CT molecular complexity index is 851. The maximum atomic E-state index is 6.16. The predicted octanol–water partition coefficient (Wildman–Crippen LogP) is 5.49. The first-order valence-electron chi connectivity index (χ1n) is 10.2. The summed E-state index contributed by atoms with van der Waals surface area (Å²) in [5, 5.41) is 0. The zero-order valence-electron chi connectivity index (χ0n) is 18.0. The average Bonchev–Trinajstić information content (AvgIpc) is 2.96. The van der Waals surface area contributed by atoms with E-state index >= 15 is 0 Å². The second-order valence-corrected chi connectivity index (χ2v) is 5.96. The number of hydrogen-bond acceptors (Lipinski definition) is 3. The van der Waals surface area contributed by atoms with E-state index in [0.717, 1.165) is 41.1 Å². The number of ether oxygens (including phenoxy) is 1. The van der Waals surface area contributed by atoms with Crippen LogP contribution >= 0.6 is 0 Å². The van der Waals surface area contributed by atoms with Gasteiger partial charge in [-0.3, -0.25) is 0 Å². The third kappa shape index (κ3) is 6.44. The van der Waals surface area contributed by atoms with Gasteiger partial charge in [-0.15, -0.1) is 35.4 Å². The minimum absolute atomic E-state index is 0. The molecule has 4 heteroatoms. The van der Waals surface area contributed by atoms with Crippen LogP contribution < -0.4 is 5.73 Å². The molecule has 2 aromatic rings. The first-order valence-corrected chi connectivity index (χ1v) is 10.2. The standard InChI is InChI=1S/C21H19N2O.2C2H6.U/c22-20-11-12-23-21(19-6-2-1-5-18(19)20)16-9-7-15(8-10-16)17-4-3-13-24-14-17;2*1-2;/h1-2,4-9,11H,3,12-14,22H2;2*1-2H3;/q-1;;;. The van der Waals surface area contributed by atoms with Crippen molar-refractivity contribution in [3.63, 3.8) is 0 Å². The SMILES string of the molecule is CC.CC.NC1=CCN=C(c2[c-]cc(C3=CCCOC3)cc2)c2ccccc21.[U]. The van der Waals surface area contributed by atoms with Gasteiger partial charge in [0, 0.05) is 43.4 Å². The number of aliphatic imine (C=N–C) groups is 1. The molecule has 2 aliphatic rings. The third-order valence-corrected chi connectivity index (χ3v) is 4.40. The van der Waals surface area contributed by atoms with E-state index in [2.05, 4.69) is 30.3 Å². The van der Waals surface area contributed by atoms with Crippen LogP contribution in [-0.4, -0.2) is 25.5 Å². The molecule has 2 aliphatic heterocycles. The topological polar surface area (TPSA) is 47.6 Å². The summed E-state index contributed by atoms with van der Waals surface area (Å²) in [4.78, 5) is 4.72. The molecule has 0 saturated heterocycles. The Labute approximate surface area is 199 Å². The zero-order valence-corrected chi connectivity index (χ0v) is 22.1. The molecule has 3 nitrogen and oxygen atoms in total. The Balaban J connectivity index is 0.000000794. The monoisotopic (exact) mass is 613 g/mol. The van der Waals surface area contributed by atoms with E-state index in [1.54, 1.807) is 0 Å². The molecule has 2 aromatic carbocycles. The summed E-state index contributed by atoms with van der Waals surface area (Å²) in [6.45, 7) is 10.1. The number of benzene rings is 2. The van der Waals surface area contributed by atoms with E-state index in [-0.39, 0.29) is 31.1 Å². The first-order chi connectivity index (χ1) is 13.8. The van der Waals surface area contributed by atoms with Crippen LogP contribution in [0.1, 0.15) is 56.4 Å². The fraction of sp³-hybridized carbons (Fsp3) is 0.320. The molecule has 0 atom stereocenters. The van der Waals surface area contributed by atoms with Crippen molar-refractivity contribution < 1.29 is 35.9 Å². The Morgan fingerprint density at radius 3 is 2.31 bits per heavy atom. The van der Waals surface area contributed by atoms with Gasteiger partial charge < -0.3 is 15.5 Å². The number of fused-ring (bicyclic) bond motifs is 1. The molecule has 0 amide bonds. The van der Waals surface area contributed by atoms with Crippen LogP contribution in [0.4, 0.5) is 0 Å². The van der Waals surface area contributed by atoms with Gasteiger partial charge in [-0.1, -0.05) is 63.6 Å². The first kappa shape index (κ1) is 25.4. The molecule has 0 unspecified atom stereocenters. The van der Waals surface area contributed by atoms with Crippen LogP contribution in [0.5, 0.6) is 0 Å². The average molecular weight is 614 g/mol. The minimum atomic E-state index is 0. The maximum absolute atomic E-state index is 6.16. The fourth-order valence-electron chi connectivity index (χ4n) is 3.13. The van der Waals surface area contributed by atoms with Crippen LogP contribution in [0.15, 0.2) is 59.6 Å². The fourth-order valence-corrected chi connectivity index (χ4v) is 3.13. The van der Waals surface area contributed by atoms with Crippen molar-refractivity contribution in [3.05, 3.63) is 82.9 Å². The second kappa shape index (κ2) is 13.6.